The lowest BCUT2D eigenvalue weighted by molar-refractivity contribution is -0.119. The summed E-state index contributed by atoms with van der Waals surface area (Å²) in [7, 11) is 1.84. The first-order chi connectivity index (χ1) is 9.69. The van der Waals surface area contributed by atoms with Gasteiger partial charge in [-0.25, -0.2) is 9.67 Å². The lowest BCUT2D eigenvalue weighted by Crippen LogP contribution is -2.28. The van der Waals surface area contributed by atoms with E-state index < -0.39 is 0 Å². The maximum atomic E-state index is 11.9. The highest BCUT2D eigenvalue weighted by Crippen LogP contribution is 2.11. The molecule has 0 aliphatic rings. The zero-order chi connectivity index (χ0) is 14.4. The third-order valence-electron chi connectivity index (χ3n) is 2.99. The number of aromatic nitrogens is 3. The van der Waals surface area contributed by atoms with Gasteiger partial charge in [0.2, 0.25) is 5.91 Å². The van der Waals surface area contributed by atoms with Crippen molar-refractivity contribution in [2.45, 2.75) is 13.5 Å². The van der Waals surface area contributed by atoms with Crippen LogP contribution in [0.5, 0.6) is 0 Å². The second-order valence-corrected chi connectivity index (χ2v) is 4.74. The number of hydrogen-bond donors (Lipinski definition) is 2. The molecule has 0 aliphatic carbocycles. The van der Waals surface area contributed by atoms with E-state index in [-0.39, 0.29) is 36.6 Å². The largest absolute Gasteiger partial charge is 0.326 e. The zero-order valence-electron chi connectivity index (χ0n) is 12.5. The maximum Gasteiger partial charge on any atom is 0.228 e. The van der Waals surface area contributed by atoms with Crippen LogP contribution in [-0.4, -0.2) is 34.3 Å². The molecule has 1 unspecified atom stereocenters. The quantitative estimate of drug-likeness (QED) is 0.839. The summed E-state index contributed by atoms with van der Waals surface area (Å²) in [5.41, 5.74) is 1.91. The molecule has 0 radical (unpaired) electrons. The fourth-order valence-electron chi connectivity index (χ4n) is 1.86. The van der Waals surface area contributed by atoms with E-state index in [9.17, 15) is 4.79 Å². The predicted molar refractivity (Wildman–Crippen MR) is 91.8 cm³/mol. The molecule has 0 saturated carbocycles. The van der Waals surface area contributed by atoms with Crippen LogP contribution >= 0.6 is 24.8 Å². The van der Waals surface area contributed by atoms with Gasteiger partial charge in [-0.2, -0.15) is 5.10 Å². The first-order valence-corrected chi connectivity index (χ1v) is 6.56. The molecule has 2 aromatic rings. The minimum atomic E-state index is -0.0603. The molecule has 0 saturated heterocycles. The number of nitrogens with zero attached hydrogens (tertiary/aromatic N) is 3. The van der Waals surface area contributed by atoms with Crippen molar-refractivity contribution in [1.29, 1.82) is 0 Å². The third kappa shape index (κ3) is 6.01. The van der Waals surface area contributed by atoms with E-state index in [1.807, 2.05) is 38.2 Å². The minimum Gasteiger partial charge on any atom is -0.326 e. The molecule has 1 amide bonds. The van der Waals surface area contributed by atoms with Crippen LogP contribution in [0.2, 0.25) is 0 Å². The molecule has 0 fully saturated rings. The van der Waals surface area contributed by atoms with Crippen LogP contribution in [0.25, 0.3) is 0 Å². The average Bonchev–Trinajstić information content (AvgIpc) is 2.94. The Morgan fingerprint density at radius 3 is 2.50 bits per heavy atom. The highest BCUT2D eigenvalue weighted by molar-refractivity contribution is 5.92. The van der Waals surface area contributed by atoms with Crippen molar-refractivity contribution >= 4 is 36.4 Å². The minimum absolute atomic E-state index is 0. The molecule has 0 spiro atoms. The standard InChI is InChI=1S/C14H19N5O.2ClH/c1-11(7-15-2)14(20)18-13-5-3-12(4-6-13)8-19-10-16-9-17-19;;/h3-6,9-11,15H,7-8H2,1-2H3,(H,18,20);2*1H. The second kappa shape index (κ2) is 10.2. The molecule has 2 rings (SSSR count). The van der Waals surface area contributed by atoms with E-state index >= 15 is 0 Å². The van der Waals surface area contributed by atoms with Crippen LogP contribution in [0.4, 0.5) is 5.69 Å². The summed E-state index contributed by atoms with van der Waals surface area (Å²) in [4.78, 5) is 15.8. The van der Waals surface area contributed by atoms with Gasteiger partial charge in [0.1, 0.15) is 12.7 Å². The van der Waals surface area contributed by atoms with Crippen LogP contribution in [0, 0.1) is 5.92 Å². The Kier molecular flexibility index (Phi) is 9.40. The van der Waals surface area contributed by atoms with Crippen molar-refractivity contribution in [3.8, 4) is 0 Å². The molecule has 1 aromatic heterocycles. The van der Waals surface area contributed by atoms with Crippen molar-refractivity contribution in [3.05, 3.63) is 42.5 Å². The van der Waals surface area contributed by atoms with E-state index in [1.165, 1.54) is 6.33 Å². The Balaban J connectivity index is 0.00000220. The van der Waals surface area contributed by atoms with Crippen molar-refractivity contribution in [1.82, 2.24) is 20.1 Å². The SMILES string of the molecule is CNCC(C)C(=O)Nc1ccc(Cn2cncn2)cc1.Cl.Cl. The number of carbonyl (C=O) groups excluding carboxylic acids is 1. The molecule has 8 heteroatoms. The van der Waals surface area contributed by atoms with Crippen LogP contribution in [0.1, 0.15) is 12.5 Å². The summed E-state index contributed by atoms with van der Waals surface area (Å²) in [6.45, 7) is 3.23. The van der Waals surface area contributed by atoms with E-state index in [0.29, 0.717) is 13.1 Å². The number of halogens is 2. The number of hydrogen-bond acceptors (Lipinski definition) is 4. The molecule has 122 valence electrons. The van der Waals surface area contributed by atoms with Gasteiger partial charge in [-0.15, -0.1) is 24.8 Å². The molecule has 0 aliphatic heterocycles. The highest BCUT2D eigenvalue weighted by atomic mass is 35.5. The first-order valence-electron chi connectivity index (χ1n) is 6.56. The lowest BCUT2D eigenvalue weighted by Gasteiger charge is -2.12. The second-order valence-electron chi connectivity index (χ2n) is 4.74. The van der Waals surface area contributed by atoms with Gasteiger partial charge in [0.05, 0.1) is 6.54 Å². The molecular formula is C14H21Cl2N5O. The Morgan fingerprint density at radius 1 is 1.27 bits per heavy atom. The van der Waals surface area contributed by atoms with Gasteiger partial charge in [-0.05, 0) is 24.7 Å². The predicted octanol–water partition coefficient (Wildman–Crippen LogP) is 1.96. The van der Waals surface area contributed by atoms with Crippen molar-refractivity contribution in [3.63, 3.8) is 0 Å². The Hall–Kier alpha value is -1.63. The van der Waals surface area contributed by atoms with E-state index in [2.05, 4.69) is 20.7 Å². The number of rotatable bonds is 6. The fraction of sp³-hybridized carbons (Fsp3) is 0.357. The van der Waals surface area contributed by atoms with Gasteiger partial charge >= 0.3 is 0 Å². The summed E-state index contributed by atoms with van der Waals surface area (Å²) in [5.74, 6) is -0.0433. The first kappa shape index (κ1) is 20.4. The lowest BCUT2D eigenvalue weighted by atomic mass is 10.1. The smallest absolute Gasteiger partial charge is 0.228 e. The molecule has 0 bridgehead atoms. The summed E-state index contributed by atoms with van der Waals surface area (Å²) in [6, 6.07) is 7.74. The summed E-state index contributed by atoms with van der Waals surface area (Å²) >= 11 is 0. The van der Waals surface area contributed by atoms with Crippen molar-refractivity contribution in [2.75, 3.05) is 18.9 Å². The van der Waals surface area contributed by atoms with Gasteiger partial charge in [-0.1, -0.05) is 19.1 Å². The van der Waals surface area contributed by atoms with Crippen molar-refractivity contribution in [2.24, 2.45) is 5.92 Å². The number of anilines is 1. The monoisotopic (exact) mass is 345 g/mol. The highest BCUT2D eigenvalue weighted by Gasteiger charge is 2.11. The van der Waals surface area contributed by atoms with E-state index in [1.54, 1.807) is 11.0 Å². The van der Waals surface area contributed by atoms with Crippen LogP contribution in [0.15, 0.2) is 36.9 Å². The van der Waals surface area contributed by atoms with Crippen LogP contribution in [-0.2, 0) is 11.3 Å². The molecular weight excluding hydrogens is 325 g/mol. The fourth-order valence-corrected chi connectivity index (χ4v) is 1.86. The Bertz CT molecular complexity index is 545. The summed E-state index contributed by atoms with van der Waals surface area (Å²) < 4.78 is 1.75. The number of carbonyl (C=O) groups is 1. The van der Waals surface area contributed by atoms with Gasteiger partial charge < -0.3 is 10.6 Å². The molecule has 1 aromatic carbocycles. The number of nitrogens with one attached hydrogen (secondary N) is 2. The number of benzene rings is 1. The Labute approximate surface area is 142 Å². The molecule has 1 heterocycles. The Morgan fingerprint density at radius 2 is 1.95 bits per heavy atom. The molecule has 6 nitrogen and oxygen atoms in total. The summed E-state index contributed by atoms with van der Waals surface area (Å²) in [5, 5.41) is 9.95. The third-order valence-corrected chi connectivity index (χ3v) is 2.99. The van der Waals surface area contributed by atoms with E-state index in [4.69, 9.17) is 0 Å². The van der Waals surface area contributed by atoms with Crippen molar-refractivity contribution < 1.29 is 4.79 Å². The topological polar surface area (TPSA) is 71.8 Å². The molecule has 22 heavy (non-hydrogen) atoms. The van der Waals surface area contributed by atoms with Gasteiger partial charge in [0.15, 0.2) is 0 Å². The number of amides is 1. The van der Waals surface area contributed by atoms with E-state index in [0.717, 1.165) is 11.3 Å². The van der Waals surface area contributed by atoms with Gasteiger partial charge in [0.25, 0.3) is 0 Å². The van der Waals surface area contributed by atoms with Gasteiger partial charge in [-0.3, -0.25) is 4.79 Å². The summed E-state index contributed by atoms with van der Waals surface area (Å²) in [6.07, 6.45) is 3.19. The average molecular weight is 346 g/mol. The van der Waals surface area contributed by atoms with Crippen LogP contribution in [0.3, 0.4) is 0 Å². The molecule has 1 atom stereocenters. The van der Waals surface area contributed by atoms with Crippen LogP contribution < -0.4 is 10.6 Å². The maximum absolute atomic E-state index is 11.9. The zero-order valence-corrected chi connectivity index (χ0v) is 14.2. The van der Waals surface area contributed by atoms with Gasteiger partial charge in [0, 0.05) is 18.2 Å². The molecule has 2 N–H and O–H groups in total. The normalized spacial score (nSPS) is 11.0.